The third-order valence-electron chi connectivity index (χ3n) is 13.1. The van der Waals surface area contributed by atoms with Gasteiger partial charge in [0.15, 0.2) is 0 Å². The first-order valence-corrected chi connectivity index (χ1v) is 55.4. The molecule has 14 N–H and O–H groups in total. The topological polar surface area (TPSA) is 298 Å². The Bertz CT molecular complexity index is 1760. The van der Waals surface area contributed by atoms with E-state index in [4.69, 9.17) is 66.3 Å². The van der Waals surface area contributed by atoms with Crippen LogP contribution in [0.2, 0.25) is 0 Å². The summed E-state index contributed by atoms with van der Waals surface area (Å²) in [7, 11) is 0. The molecule has 0 aromatic carbocycles. The standard InChI is InChI=1S/2C12H26N2O2.2C11H24N2O2.2C8H18N2O.C7H16N2O.C6H14O.C5H12O.C4H10O.7W/c1-3-5-9-16-11-7-14-12-13-6-10-15-8-4-2;1-3-5-8-15-10-7-13-11-14-12-16-9-6-4-2;1-3-7-14-9-5-12-11-13-6-10-15-8-4-2;1-3-5-8-15-11-13-10-12-6-9-14-7-4-2;2*1-3-6-11-7-5-10-8-9-4-2;1-3-5-10-7-9-6-8-4-2;1-3-5-6-7-4-2;1-3-5-6-4-2;1-3-5-4-2;;;;;;;/h13-14H,3-11H2,1-2H3;13-14H,3-10,12H2,1-2H3;12-13H,3-10H2,1-2H3;12-13H,3-9,11H2,1-2H3;2*9-10H,3-7H2,1-2H3;8-9H,3-5,7H2,1-2H3;3-6H2,1-2H3;3-5H2,1-2H3;3-4H2,1-2H3;;;;;;;. The van der Waals surface area contributed by atoms with Crippen LogP contribution < -0.4 is 74.4 Å². The summed E-state index contributed by atoms with van der Waals surface area (Å²) >= 11 is 9.94. The molecule has 0 aliphatic heterocycles. The van der Waals surface area contributed by atoms with Crippen LogP contribution in [0.4, 0.5) is 0 Å². The van der Waals surface area contributed by atoms with Gasteiger partial charge in [0.1, 0.15) is 0 Å². The summed E-state index contributed by atoms with van der Waals surface area (Å²) in [6.45, 7) is 74.8. The van der Waals surface area contributed by atoms with E-state index in [0.717, 1.165) is 327 Å². The van der Waals surface area contributed by atoms with E-state index < -0.39 is 0 Å². The van der Waals surface area contributed by atoms with Crippen molar-refractivity contribution in [3.05, 3.63) is 0 Å². The van der Waals surface area contributed by atoms with Gasteiger partial charge in [-0.2, -0.15) is 0 Å². The van der Waals surface area contributed by atoms with Crippen LogP contribution in [0.25, 0.3) is 0 Å². The zero-order valence-corrected chi connectivity index (χ0v) is 99.9. The number of hydrogen-bond acceptors (Lipinski definition) is 28. The summed E-state index contributed by atoms with van der Waals surface area (Å²) in [5.41, 5.74) is 0. The van der Waals surface area contributed by atoms with Gasteiger partial charge in [-0.3, -0.25) is 0 Å². The Balaban J connectivity index is -0.000000141. The maximum atomic E-state index is 5.46. The van der Waals surface area contributed by atoms with Gasteiger partial charge in [0, 0.05) is 39.6 Å². The Morgan fingerprint density at radius 2 is 0.303 bits per heavy atom. The Labute approximate surface area is 808 Å². The number of ether oxygens (including phenoxy) is 14. The van der Waals surface area contributed by atoms with Gasteiger partial charge in [-0.05, 0) is 40.5 Å². The van der Waals surface area contributed by atoms with E-state index in [2.05, 4.69) is 185 Å². The van der Waals surface area contributed by atoms with Crippen LogP contribution in [0.15, 0.2) is 0 Å². The number of unbranched alkanes of at least 4 members (excludes halogenated alkanes) is 5. The molecule has 0 aromatic heterocycles. The Morgan fingerprint density at radius 1 is 0.151 bits per heavy atom. The molecule has 0 bridgehead atoms. The molecular weight excluding hydrogens is 2720 g/mol. The molecule has 28 nitrogen and oxygen atoms in total. The minimum Gasteiger partial charge on any atom is -0.382 e. The van der Waals surface area contributed by atoms with Gasteiger partial charge in [-0.15, -0.1) is 0 Å². The first kappa shape index (κ1) is 142. The van der Waals surface area contributed by atoms with Crippen LogP contribution in [0.1, 0.15) is 254 Å². The average molecular weight is 2910 g/mol. The Kier molecular flexibility index (Phi) is 175. The summed E-state index contributed by atoms with van der Waals surface area (Å²) in [6, 6.07) is 0. The van der Waals surface area contributed by atoms with E-state index in [1.54, 1.807) is 0 Å². The molecule has 0 heterocycles. The van der Waals surface area contributed by atoms with Crippen LogP contribution in [0.3, 0.4) is 0 Å². The van der Waals surface area contributed by atoms with Crippen molar-refractivity contribution in [2.24, 2.45) is 0 Å². The number of hydrogen-bond donors (Lipinski definition) is 14. The quantitative estimate of drug-likeness (QED) is 0.0199. The fraction of sp³-hybridized carbons (Fsp3) is 0.917. The van der Waals surface area contributed by atoms with E-state index in [-0.39, 0.29) is 0 Å². The normalized spacial score (nSPS) is 10.3. The Morgan fingerprint density at radius 3 is 0.487 bits per heavy atom. The molecule has 119 heavy (non-hydrogen) atoms. The smallest absolute Gasteiger partial charge is 0.0437 e. The monoisotopic (exact) mass is 2910 g/mol. The van der Waals surface area contributed by atoms with Crippen molar-refractivity contribution in [1.29, 1.82) is 0 Å². The zero-order chi connectivity index (χ0) is 91.1. The third kappa shape index (κ3) is 175. The van der Waals surface area contributed by atoms with E-state index in [1.165, 1.54) is 191 Å². The maximum absolute atomic E-state index is 5.46. The molecule has 0 atom stereocenters. The first-order valence-electron chi connectivity index (χ1n) is 45.1. The summed E-state index contributed by atoms with van der Waals surface area (Å²) in [6.07, 6.45) is 20.5. The molecular formula is C84H188N14O14W7. The predicted molar refractivity (Wildman–Crippen MR) is 481 cm³/mol. The van der Waals surface area contributed by atoms with Gasteiger partial charge >= 0.3 is 702 Å². The summed E-state index contributed by atoms with van der Waals surface area (Å²) in [4.78, 5) is 0. The number of nitrogens with one attached hydrogen (secondary N) is 14. The fourth-order valence-corrected chi connectivity index (χ4v) is 12.2. The van der Waals surface area contributed by atoms with Gasteiger partial charge < -0.3 is 14.2 Å². The zero-order valence-electron chi connectivity index (χ0n) is 79.4. The number of rotatable bonds is 82. The summed E-state index contributed by atoms with van der Waals surface area (Å²) < 4.78 is 82.1. The van der Waals surface area contributed by atoms with Crippen molar-refractivity contribution in [3.63, 3.8) is 0 Å². The van der Waals surface area contributed by atoms with Crippen molar-refractivity contribution >= 4 is 29.0 Å². The van der Waals surface area contributed by atoms with Crippen LogP contribution in [0.5, 0.6) is 0 Å². The predicted octanol–water partition coefficient (Wildman–Crippen LogP) is 9.08. The second kappa shape index (κ2) is 146. The average Bonchev–Trinajstić information content (AvgIpc) is 1.06. The van der Waals surface area contributed by atoms with E-state index in [9.17, 15) is 0 Å². The van der Waals surface area contributed by atoms with Crippen molar-refractivity contribution in [1.82, 2.24) is 74.4 Å². The van der Waals surface area contributed by atoms with Crippen molar-refractivity contribution in [2.75, 3.05) is 257 Å². The molecule has 0 fully saturated rings. The molecule has 0 radical (unpaired) electrons. The second-order valence-electron chi connectivity index (χ2n) is 24.8. The van der Waals surface area contributed by atoms with Crippen LogP contribution >= 0.6 is 0 Å². The van der Waals surface area contributed by atoms with E-state index >= 15 is 0 Å². The minimum absolute atomic E-state index is 0.599. The molecule has 0 unspecified atom stereocenters. The molecule has 720 valence electrons. The molecule has 0 saturated carbocycles. The van der Waals surface area contributed by atoms with Crippen LogP contribution in [-0.2, 0) is 202 Å². The molecule has 0 saturated heterocycles. The first-order chi connectivity index (χ1) is 57.9. The van der Waals surface area contributed by atoms with Gasteiger partial charge in [0.2, 0.25) is 0 Å². The molecule has 35 heteroatoms. The molecule has 0 aliphatic rings. The van der Waals surface area contributed by atoms with Crippen molar-refractivity contribution in [3.8, 4) is 0 Å². The second-order valence-corrected chi connectivity index (χ2v) is 35.1. The van der Waals surface area contributed by atoms with Gasteiger partial charge in [-0.1, -0.05) is 20.3 Å². The molecule has 0 amide bonds. The maximum Gasteiger partial charge on any atom is 0.0437 e. The van der Waals surface area contributed by atoms with Gasteiger partial charge in [-0.25, -0.2) is 0 Å². The molecule has 0 aromatic rings. The summed E-state index contributed by atoms with van der Waals surface area (Å²) in [5, 5.41) is 45.5. The molecule has 0 rings (SSSR count). The van der Waals surface area contributed by atoms with E-state index in [1.807, 2.05) is 27.7 Å². The minimum atomic E-state index is 0.599. The van der Waals surface area contributed by atoms with Crippen molar-refractivity contribution in [2.45, 2.75) is 254 Å². The van der Waals surface area contributed by atoms with E-state index in [0.29, 0.717) is 20.2 Å². The molecule has 0 spiro atoms. The summed E-state index contributed by atoms with van der Waals surface area (Å²) in [5.74, 6) is 0. The van der Waals surface area contributed by atoms with Gasteiger partial charge in [0.05, 0.1) is 0 Å². The van der Waals surface area contributed by atoms with Crippen LogP contribution in [0, 0.1) is 0 Å². The SMILES string of the molecule is CCCCOCC.CCCCOCCN[C](=[W])NCCOCCC.CCCCOCCN[C](=[W])NCOCCCC.CCCCOCN[C](=[W])NCCOCCC.CCCOCC.CCCOCCN[C](=[W])NCC.CCCOCCN[C](=[W])NCC.CCCOCCN[C](=[W])NCCOCCC.CCCOCN[C](=[W])NCC.CCOCC. The molecule has 0 aliphatic carbocycles. The third-order valence-corrected chi connectivity index (χ3v) is 20.3. The van der Waals surface area contributed by atoms with Crippen molar-refractivity contribution < 1.29 is 202 Å². The van der Waals surface area contributed by atoms with Crippen LogP contribution in [-0.4, -0.2) is 286 Å². The van der Waals surface area contributed by atoms with Gasteiger partial charge in [0.25, 0.3) is 0 Å². The fourth-order valence-electron chi connectivity index (χ4n) is 7.08. The Hall–Kier alpha value is 2.79. The largest absolute Gasteiger partial charge is 0.382 e.